The van der Waals surface area contributed by atoms with Crippen LogP contribution in [0.5, 0.6) is 0 Å². The highest BCUT2D eigenvalue weighted by atomic mass is 16.2. The molecule has 1 aliphatic heterocycles. The molecule has 2 aliphatic rings. The fourth-order valence-electron chi connectivity index (χ4n) is 2.05. The van der Waals surface area contributed by atoms with E-state index in [9.17, 15) is 4.79 Å². The first-order valence-electron chi connectivity index (χ1n) is 6.03. The van der Waals surface area contributed by atoms with Gasteiger partial charge in [0, 0.05) is 18.6 Å². The summed E-state index contributed by atoms with van der Waals surface area (Å²) in [5, 5.41) is 9.32. The predicted octanol–water partition coefficient (Wildman–Crippen LogP) is 0.836. The third-order valence-electron chi connectivity index (χ3n) is 3.32. The monoisotopic (exact) mass is 211 g/mol. The highest BCUT2D eigenvalue weighted by molar-refractivity contribution is 5.74. The zero-order valence-electron chi connectivity index (χ0n) is 9.38. The van der Waals surface area contributed by atoms with E-state index < -0.39 is 0 Å². The van der Waals surface area contributed by atoms with Gasteiger partial charge in [-0.3, -0.25) is 0 Å². The van der Waals surface area contributed by atoms with Crippen molar-refractivity contribution in [1.82, 2.24) is 16.0 Å². The molecule has 0 aromatic heterocycles. The van der Waals surface area contributed by atoms with Gasteiger partial charge in [-0.25, -0.2) is 4.79 Å². The second-order valence-electron chi connectivity index (χ2n) is 4.81. The molecule has 0 radical (unpaired) electrons. The Balaban J connectivity index is 1.64. The summed E-state index contributed by atoms with van der Waals surface area (Å²) >= 11 is 0. The molecule has 2 fully saturated rings. The van der Waals surface area contributed by atoms with Crippen LogP contribution in [0.3, 0.4) is 0 Å². The quantitative estimate of drug-likeness (QED) is 0.648. The average molecular weight is 211 g/mol. The van der Waals surface area contributed by atoms with E-state index in [2.05, 4.69) is 22.9 Å². The Bertz CT molecular complexity index is 228. The number of hydrogen-bond acceptors (Lipinski definition) is 2. The minimum absolute atomic E-state index is 0.00271. The van der Waals surface area contributed by atoms with E-state index in [0.717, 1.165) is 25.9 Å². The maximum absolute atomic E-state index is 11.4. The number of carbonyl (C=O) groups excluding carboxylic acids is 1. The van der Waals surface area contributed by atoms with Gasteiger partial charge in [0.1, 0.15) is 0 Å². The molecule has 0 aromatic carbocycles. The second-order valence-corrected chi connectivity index (χ2v) is 4.81. The summed E-state index contributed by atoms with van der Waals surface area (Å²) in [7, 11) is 0. The van der Waals surface area contributed by atoms with E-state index in [1.807, 2.05) is 0 Å². The van der Waals surface area contributed by atoms with Crippen molar-refractivity contribution in [3.05, 3.63) is 0 Å². The van der Waals surface area contributed by atoms with Gasteiger partial charge in [-0.05, 0) is 38.1 Å². The van der Waals surface area contributed by atoms with Gasteiger partial charge in [-0.15, -0.1) is 0 Å². The van der Waals surface area contributed by atoms with Crippen molar-refractivity contribution in [3.63, 3.8) is 0 Å². The van der Waals surface area contributed by atoms with Crippen molar-refractivity contribution in [2.24, 2.45) is 5.92 Å². The molecular formula is C11H21N3O. The third-order valence-corrected chi connectivity index (χ3v) is 3.32. The van der Waals surface area contributed by atoms with Crippen molar-refractivity contribution in [2.45, 2.75) is 44.7 Å². The van der Waals surface area contributed by atoms with Gasteiger partial charge in [-0.1, -0.05) is 6.92 Å². The molecule has 4 nitrogen and oxygen atoms in total. The molecule has 1 saturated carbocycles. The van der Waals surface area contributed by atoms with E-state index in [4.69, 9.17) is 0 Å². The predicted molar refractivity (Wildman–Crippen MR) is 59.7 cm³/mol. The number of piperidine rings is 1. The molecule has 0 bridgehead atoms. The number of nitrogens with one attached hydrogen (secondary N) is 3. The molecule has 2 amide bonds. The molecule has 1 aliphatic carbocycles. The molecular weight excluding hydrogens is 190 g/mol. The van der Waals surface area contributed by atoms with Crippen molar-refractivity contribution in [3.8, 4) is 0 Å². The molecule has 15 heavy (non-hydrogen) atoms. The highest BCUT2D eigenvalue weighted by Gasteiger charge is 2.24. The van der Waals surface area contributed by atoms with Gasteiger partial charge in [-0.2, -0.15) is 0 Å². The van der Waals surface area contributed by atoms with E-state index in [1.54, 1.807) is 0 Å². The SMILES string of the molecule is CC1CCCNC1CNC(=O)NC1CC1. The van der Waals surface area contributed by atoms with E-state index in [1.165, 1.54) is 12.8 Å². The van der Waals surface area contributed by atoms with Crippen LogP contribution in [0.2, 0.25) is 0 Å². The van der Waals surface area contributed by atoms with E-state index in [-0.39, 0.29) is 6.03 Å². The first kappa shape index (κ1) is 10.7. The molecule has 2 atom stereocenters. The maximum atomic E-state index is 11.4. The lowest BCUT2D eigenvalue weighted by molar-refractivity contribution is 0.233. The Morgan fingerprint density at radius 3 is 2.87 bits per heavy atom. The Hall–Kier alpha value is -0.770. The summed E-state index contributed by atoms with van der Waals surface area (Å²) in [6.07, 6.45) is 4.81. The van der Waals surface area contributed by atoms with Crippen molar-refractivity contribution in [2.75, 3.05) is 13.1 Å². The van der Waals surface area contributed by atoms with Gasteiger partial charge in [0.25, 0.3) is 0 Å². The van der Waals surface area contributed by atoms with Crippen LogP contribution >= 0.6 is 0 Å². The second kappa shape index (κ2) is 4.84. The Labute approximate surface area is 91.2 Å². The lowest BCUT2D eigenvalue weighted by Gasteiger charge is -2.30. The van der Waals surface area contributed by atoms with Crippen LogP contribution in [0, 0.1) is 5.92 Å². The molecule has 0 spiro atoms. The summed E-state index contributed by atoms with van der Waals surface area (Å²) in [5.41, 5.74) is 0. The van der Waals surface area contributed by atoms with Crippen LogP contribution in [0.15, 0.2) is 0 Å². The first-order chi connectivity index (χ1) is 7.25. The third kappa shape index (κ3) is 3.38. The highest BCUT2D eigenvalue weighted by Crippen LogP contribution is 2.18. The number of hydrogen-bond donors (Lipinski definition) is 3. The van der Waals surface area contributed by atoms with Gasteiger partial charge >= 0.3 is 6.03 Å². The van der Waals surface area contributed by atoms with Gasteiger partial charge < -0.3 is 16.0 Å². The normalized spacial score (nSPS) is 31.0. The fourth-order valence-corrected chi connectivity index (χ4v) is 2.05. The number of amides is 2. The summed E-state index contributed by atoms with van der Waals surface area (Å²) < 4.78 is 0. The molecule has 2 rings (SSSR count). The Kier molecular flexibility index (Phi) is 3.46. The summed E-state index contributed by atoms with van der Waals surface area (Å²) in [4.78, 5) is 11.4. The average Bonchev–Trinajstić information content (AvgIpc) is 3.00. The summed E-state index contributed by atoms with van der Waals surface area (Å²) in [5.74, 6) is 0.667. The smallest absolute Gasteiger partial charge is 0.315 e. The first-order valence-corrected chi connectivity index (χ1v) is 6.03. The molecule has 1 heterocycles. The molecule has 2 unspecified atom stereocenters. The Morgan fingerprint density at radius 1 is 1.40 bits per heavy atom. The molecule has 3 N–H and O–H groups in total. The van der Waals surface area contributed by atoms with Crippen LogP contribution in [0.4, 0.5) is 4.79 Å². The molecule has 0 aromatic rings. The Morgan fingerprint density at radius 2 is 2.20 bits per heavy atom. The van der Waals surface area contributed by atoms with Crippen molar-refractivity contribution < 1.29 is 4.79 Å². The molecule has 1 saturated heterocycles. The summed E-state index contributed by atoms with van der Waals surface area (Å²) in [6.45, 7) is 4.08. The van der Waals surface area contributed by atoms with Gasteiger partial charge in [0.2, 0.25) is 0 Å². The van der Waals surface area contributed by atoms with E-state index in [0.29, 0.717) is 18.0 Å². The minimum Gasteiger partial charge on any atom is -0.337 e. The summed E-state index contributed by atoms with van der Waals surface area (Å²) in [6, 6.07) is 0.891. The maximum Gasteiger partial charge on any atom is 0.315 e. The van der Waals surface area contributed by atoms with Crippen molar-refractivity contribution in [1.29, 1.82) is 0 Å². The standard InChI is InChI=1S/C11H21N3O/c1-8-3-2-6-12-10(8)7-13-11(15)14-9-4-5-9/h8-10,12H,2-7H2,1H3,(H2,13,14,15). The van der Waals surface area contributed by atoms with Gasteiger partial charge in [0.15, 0.2) is 0 Å². The molecule has 4 heteroatoms. The topological polar surface area (TPSA) is 53.2 Å². The lowest BCUT2D eigenvalue weighted by atomic mass is 9.93. The zero-order valence-corrected chi connectivity index (χ0v) is 9.38. The van der Waals surface area contributed by atoms with Gasteiger partial charge in [0.05, 0.1) is 0 Å². The van der Waals surface area contributed by atoms with Crippen molar-refractivity contribution >= 4 is 6.03 Å². The molecule has 86 valence electrons. The fraction of sp³-hybridized carbons (Fsp3) is 0.909. The van der Waals surface area contributed by atoms with Crippen LogP contribution in [-0.2, 0) is 0 Å². The minimum atomic E-state index is -0.00271. The zero-order chi connectivity index (χ0) is 10.7. The number of urea groups is 1. The van der Waals surface area contributed by atoms with E-state index >= 15 is 0 Å². The van der Waals surface area contributed by atoms with Crippen LogP contribution in [0.1, 0.15) is 32.6 Å². The number of carbonyl (C=O) groups is 1. The van der Waals surface area contributed by atoms with Crippen LogP contribution in [-0.4, -0.2) is 31.2 Å². The van der Waals surface area contributed by atoms with Crippen LogP contribution in [0.25, 0.3) is 0 Å². The lowest BCUT2D eigenvalue weighted by Crippen LogP contribution is -2.49. The number of rotatable bonds is 3. The van der Waals surface area contributed by atoms with Crippen LogP contribution < -0.4 is 16.0 Å². The largest absolute Gasteiger partial charge is 0.337 e.